The van der Waals surface area contributed by atoms with E-state index in [1.54, 1.807) is 43.5 Å². The van der Waals surface area contributed by atoms with Crippen LogP contribution in [0.1, 0.15) is 52.3 Å². The van der Waals surface area contributed by atoms with Crippen LogP contribution in [0, 0.1) is 5.92 Å². The molecule has 198 valence electrons. The first kappa shape index (κ1) is 24.7. The maximum Gasteiger partial charge on any atom is 0.268 e. The Bertz CT molecular complexity index is 1560. The summed E-state index contributed by atoms with van der Waals surface area (Å²) in [6, 6.07) is 19.7. The van der Waals surface area contributed by atoms with Crippen LogP contribution in [0.3, 0.4) is 0 Å². The molecule has 1 fully saturated rings. The normalized spacial score (nSPS) is 17.8. The molecule has 9 heteroatoms. The third kappa shape index (κ3) is 4.39. The van der Waals surface area contributed by atoms with E-state index in [2.05, 4.69) is 20.2 Å². The van der Waals surface area contributed by atoms with Gasteiger partial charge in [0.05, 0.1) is 52.6 Å². The molecular formula is C30H29N5O4. The Balaban J connectivity index is 1.21. The van der Waals surface area contributed by atoms with Gasteiger partial charge in [-0.2, -0.15) is 0 Å². The van der Waals surface area contributed by atoms with Gasteiger partial charge in [-0.15, -0.1) is 0 Å². The number of amides is 3. The highest BCUT2D eigenvalue weighted by Gasteiger charge is 2.40. The number of nitrogens with zero attached hydrogens (tertiary/aromatic N) is 3. The van der Waals surface area contributed by atoms with Crippen LogP contribution in [0.25, 0.3) is 11.0 Å². The molecule has 2 aliphatic rings. The highest BCUT2D eigenvalue weighted by molar-refractivity contribution is 6.36. The summed E-state index contributed by atoms with van der Waals surface area (Å²) in [6.45, 7) is 3.06. The molecule has 2 aliphatic heterocycles. The first-order valence-electron chi connectivity index (χ1n) is 13.1. The number of hydrogen-bond acceptors (Lipinski definition) is 6. The molecular weight excluding hydrogens is 494 g/mol. The maximum absolute atomic E-state index is 13.6. The highest BCUT2D eigenvalue weighted by atomic mass is 16.5. The number of carbonyl (C=O) groups is 3. The maximum atomic E-state index is 13.6. The molecule has 1 saturated heterocycles. The quantitative estimate of drug-likeness (QED) is 0.361. The zero-order chi connectivity index (χ0) is 27.1. The number of anilines is 2. The second kappa shape index (κ2) is 9.90. The Morgan fingerprint density at radius 3 is 2.72 bits per heavy atom. The third-order valence-electron chi connectivity index (χ3n) is 7.51. The topological polar surface area (TPSA) is 108 Å². The number of imidazole rings is 1. The Hall–Kier alpha value is -4.66. The van der Waals surface area contributed by atoms with Crippen LogP contribution in [0.15, 0.2) is 66.7 Å². The lowest BCUT2D eigenvalue weighted by Gasteiger charge is -2.35. The van der Waals surface area contributed by atoms with Crippen LogP contribution in [0.5, 0.6) is 5.75 Å². The molecule has 3 aromatic carbocycles. The number of hydrogen-bond donors (Lipinski definition) is 2. The number of H-pyrrole nitrogens is 1. The van der Waals surface area contributed by atoms with Crippen molar-refractivity contribution in [3.8, 4) is 5.75 Å². The molecule has 2 N–H and O–H groups in total. The van der Waals surface area contributed by atoms with Crippen molar-refractivity contribution in [3.05, 3.63) is 83.7 Å². The number of piperidine rings is 1. The van der Waals surface area contributed by atoms with Crippen LogP contribution in [0.4, 0.5) is 11.4 Å². The van der Waals surface area contributed by atoms with Gasteiger partial charge in [0.2, 0.25) is 5.91 Å². The van der Waals surface area contributed by atoms with E-state index in [0.29, 0.717) is 47.2 Å². The van der Waals surface area contributed by atoms with Crippen molar-refractivity contribution < 1.29 is 19.1 Å². The molecule has 39 heavy (non-hydrogen) atoms. The average Bonchev–Trinajstić information content (AvgIpc) is 3.52. The van der Waals surface area contributed by atoms with Crippen molar-refractivity contribution in [1.29, 1.82) is 0 Å². The fourth-order valence-corrected chi connectivity index (χ4v) is 5.50. The summed E-state index contributed by atoms with van der Waals surface area (Å²) in [5, 5.41) is 3.11. The van der Waals surface area contributed by atoms with Crippen LogP contribution in [-0.2, 0) is 4.79 Å². The number of ether oxygens (including phenoxy) is 1. The molecule has 0 aliphatic carbocycles. The van der Waals surface area contributed by atoms with E-state index in [9.17, 15) is 14.4 Å². The van der Waals surface area contributed by atoms with Gasteiger partial charge in [0.15, 0.2) is 0 Å². The molecule has 0 bridgehead atoms. The number of aromatic nitrogens is 2. The van der Waals surface area contributed by atoms with E-state index in [-0.39, 0.29) is 29.7 Å². The Labute approximate surface area is 225 Å². The molecule has 0 unspecified atom stereocenters. The number of benzene rings is 3. The SMILES string of the molecule is COc1cccc(N2C(=O)c3cccc(N4CCC[C@@H](C(=O)N[C@H](C)c5nc6ccccc6[nH]5)C4)c3C2=O)c1. The summed E-state index contributed by atoms with van der Waals surface area (Å²) in [5.41, 5.74) is 3.67. The van der Waals surface area contributed by atoms with Gasteiger partial charge in [0.1, 0.15) is 11.6 Å². The Kier molecular flexibility index (Phi) is 6.26. The summed E-state index contributed by atoms with van der Waals surface area (Å²) in [7, 11) is 1.54. The van der Waals surface area contributed by atoms with Gasteiger partial charge >= 0.3 is 0 Å². The molecule has 3 heterocycles. The summed E-state index contributed by atoms with van der Waals surface area (Å²) < 4.78 is 5.28. The zero-order valence-electron chi connectivity index (χ0n) is 21.8. The van der Waals surface area contributed by atoms with Gasteiger partial charge in [-0.25, -0.2) is 9.88 Å². The van der Waals surface area contributed by atoms with Crippen molar-refractivity contribution in [2.24, 2.45) is 5.92 Å². The van der Waals surface area contributed by atoms with Gasteiger partial charge in [-0.3, -0.25) is 14.4 Å². The Morgan fingerprint density at radius 2 is 1.90 bits per heavy atom. The van der Waals surface area contributed by atoms with E-state index in [1.165, 1.54) is 4.90 Å². The van der Waals surface area contributed by atoms with Crippen molar-refractivity contribution in [3.63, 3.8) is 0 Å². The van der Waals surface area contributed by atoms with Gasteiger partial charge in [0, 0.05) is 19.2 Å². The highest BCUT2D eigenvalue weighted by Crippen LogP contribution is 2.37. The number of rotatable bonds is 6. The number of nitrogens with one attached hydrogen (secondary N) is 2. The average molecular weight is 524 g/mol. The van der Waals surface area contributed by atoms with Crippen LogP contribution in [0.2, 0.25) is 0 Å². The van der Waals surface area contributed by atoms with Gasteiger partial charge in [0.25, 0.3) is 11.8 Å². The number of para-hydroxylation sites is 2. The van der Waals surface area contributed by atoms with Crippen LogP contribution < -0.4 is 19.9 Å². The predicted molar refractivity (Wildman–Crippen MR) is 148 cm³/mol. The monoisotopic (exact) mass is 523 g/mol. The lowest BCUT2D eigenvalue weighted by molar-refractivity contribution is -0.126. The van der Waals surface area contributed by atoms with E-state index in [1.807, 2.05) is 37.3 Å². The molecule has 4 aromatic rings. The standard InChI is InChI=1S/C30H29N5O4/c1-18(27-32-23-12-3-4-13-24(23)33-27)31-28(36)19-8-7-15-34(17-19)25-14-6-11-22-26(25)30(38)35(29(22)37)20-9-5-10-21(16-20)39-2/h3-6,9-14,16,18-19H,7-8,15,17H2,1-2H3,(H,31,36)(H,32,33)/t18-,19-/m1/s1. The minimum absolute atomic E-state index is 0.0550. The van der Waals surface area contributed by atoms with E-state index >= 15 is 0 Å². The molecule has 1 aromatic heterocycles. The fraction of sp³-hybridized carbons (Fsp3) is 0.267. The van der Waals surface area contributed by atoms with Crippen molar-refractivity contribution in [2.75, 3.05) is 30.0 Å². The first-order chi connectivity index (χ1) is 18.9. The predicted octanol–water partition coefficient (Wildman–Crippen LogP) is 4.47. The molecule has 0 radical (unpaired) electrons. The van der Waals surface area contributed by atoms with Gasteiger partial charge in [-0.05, 0) is 56.2 Å². The second-order valence-electron chi connectivity index (χ2n) is 10.0. The third-order valence-corrected chi connectivity index (χ3v) is 7.51. The number of fused-ring (bicyclic) bond motifs is 2. The Morgan fingerprint density at radius 1 is 1.08 bits per heavy atom. The van der Waals surface area contributed by atoms with Crippen LogP contribution >= 0.6 is 0 Å². The summed E-state index contributed by atoms with van der Waals surface area (Å²) in [4.78, 5) is 51.4. The minimum Gasteiger partial charge on any atom is -0.497 e. The molecule has 2 atom stereocenters. The number of imide groups is 1. The fourth-order valence-electron chi connectivity index (χ4n) is 5.50. The number of carbonyl (C=O) groups excluding carboxylic acids is 3. The van der Waals surface area contributed by atoms with Crippen LogP contribution in [-0.4, -0.2) is 47.9 Å². The van der Waals surface area contributed by atoms with Crippen molar-refractivity contribution in [2.45, 2.75) is 25.8 Å². The summed E-state index contributed by atoms with van der Waals surface area (Å²) in [6.07, 6.45) is 1.54. The number of aromatic amines is 1. The molecule has 3 amide bonds. The largest absolute Gasteiger partial charge is 0.497 e. The summed E-state index contributed by atoms with van der Waals surface area (Å²) in [5.74, 6) is 0.217. The molecule has 0 saturated carbocycles. The van der Waals surface area contributed by atoms with E-state index in [0.717, 1.165) is 23.9 Å². The zero-order valence-corrected chi connectivity index (χ0v) is 21.8. The summed E-state index contributed by atoms with van der Waals surface area (Å²) >= 11 is 0. The number of methoxy groups -OCH3 is 1. The lowest BCUT2D eigenvalue weighted by Crippen LogP contribution is -2.44. The van der Waals surface area contributed by atoms with Crippen molar-refractivity contribution >= 4 is 40.1 Å². The smallest absolute Gasteiger partial charge is 0.268 e. The molecule has 0 spiro atoms. The molecule has 6 rings (SSSR count). The van der Waals surface area contributed by atoms with Gasteiger partial charge < -0.3 is 19.9 Å². The van der Waals surface area contributed by atoms with Crippen molar-refractivity contribution in [1.82, 2.24) is 15.3 Å². The minimum atomic E-state index is -0.371. The second-order valence-corrected chi connectivity index (χ2v) is 10.0. The first-order valence-corrected chi connectivity index (χ1v) is 13.1. The van der Waals surface area contributed by atoms with E-state index < -0.39 is 0 Å². The lowest BCUT2D eigenvalue weighted by atomic mass is 9.95. The van der Waals surface area contributed by atoms with Gasteiger partial charge in [-0.1, -0.05) is 24.3 Å². The van der Waals surface area contributed by atoms with E-state index in [4.69, 9.17) is 4.74 Å². The molecule has 9 nitrogen and oxygen atoms in total.